The Bertz CT molecular complexity index is 1200. The molecule has 0 radical (unpaired) electrons. The zero-order valence-electron chi connectivity index (χ0n) is 15.7. The van der Waals surface area contributed by atoms with Crippen molar-refractivity contribution < 1.29 is 5.32 Å². The van der Waals surface area contributed by atoms with E-state index in [-0.39, 0.29) is 11.1 Å². The monoisotopic (exact) mass is 442 g/mol. The number of aromatic nitrogens is 4. The van der Waals surface area contributed by atoms with Gasteiger partial charge in [0, 0.05) is 16.5 Å². The average Bonchev–Trinajstić information content (AvgIpc) is 3.15. The van der Waals surface area contributed by atoms with Crippen molar-refractivity contribution in [2.45, 2.75) is 45.2 Å². The Hall–Kier alpha value is -1.83. The number of halogens is 1. The summed E-state index contributed by atoms with van der Waals surface area (Å²) in [7, 11) is 0. The van der Waals surface area contributed by atoms with Crippen molar-refractivity contribution in [3.8, 4) is 11.4 Å². The molecule has 0 aliphatic carbocycles. The molecule has 3 aromatic heterocycles. The molecule has 0 saturated carbocycles. The molecule has 0 atom stereocenters. The van der Waals surface area contributed by atoms with Gasteiger partial charge in [0.1, 0.15) is 16.7 Å². The summed E-state index contributed by atoms with van der Waals surface area (Å²) < 4.78 is 2.82. The lowest BCUT2D eigenvalue weighted by Crippen LogP contribution is -3.03. The quantitative estimate of drug-likeness (QED) is 0.486. The van der Waals surface area contributed by atoms with Crippen LogP contribution in [-0.4, -0.2) is 25.1 Å². The maximum Gasteiger partial charge on any atom is 0.183 e. The van der Waals surface area contributed by atoms with Gasteiger partial charge in [-0.2, -0.15) is 0 Å². The summed E-state index contributed by atoms with van der Waals surface area (Å²) in [6, 6.07) is 8.06. The van der Waals surface area contributed by atoms with Gasteiger partial charge in [-0.05, 0) is 45.4 Å². The minimum Gasteiger partial charge on any atom is -0.333 e. The lowest BCUT2D eigenvalue weighted by molar-refractivity contribution is -0.789. The first-order chi connectivity index (χ1) is 12.8. The van der Waals surface area contributed by atoms with Gasteiger partial charge in [0.15, 0.2) is 11.5 Å². The maximum absolute atomic E-state index is 4.93. The van der Waals surface area contributed by atoms with Gasteiger partial charge >= 0.3 is 0 Å². The summed E-state index contributed by atoms with van der Waals surface area (Å²) >= 11 is 5.41. The van der Waals surface area contributed by atoms with E-state index in [0.717, 1.165) is 38.1 Å². The molecule has 7 heteroatoms. The highest BCUT2D eigenvalue weighted by Gasteiger charge is 2.43. The Morgan fingerprint density at radius 2 is 1.96 bits per heavy atom. The van der Waals surface area contributed by atoms with E-state index in [9.17, 15) is 0 Å². The predicted octanol–water partition coefficient (Wildman–Crippen LogP) is 3.90. The van der Waals surface area contributed by atoms with Gasteiger partial charge in [0.25, 0.3) is 0 Å². The van der Waals surface area contributed by atoms with Gasteiger partial charge in [0.05, 0.1) is 15.8 Å². The van der Waals surface area contributed by atoms with Crippen LogP contribution in [0.5, 0.6) is 0 Å². The topological polar surface area (TPSA) is 59.7 Å². The van der Waals surface area contributed by atoms with Crippen molar-refractivity contribution in [1.29, 1.82) is 0 Å². The number of nitrogens with two attached hydrogens (primary N) is 1. The number of benzene rings is 1. The molecule has 1 aromatic carbocycles. The number of hydrogen-bond acceptors (Lipinski definition) is 4. The smallest absolute Gasteiger partial charge is 0.183 e. The third-order valence-corrected chi connectivity index (χ3v) is 7.38. The van der Waals surface area contributed by atoms with E-state index < -0.39 is 0 Å². The Kier molecular flexibility index (Phi) is 3.58. The van der Waals surface area contributed by atoms with Crippen LogP contribution in [0, 0.1) is 0 Å². The lowest BCUT2D eigenvalue weighted by atomic mass is 9.82. The van der Waals surface area contributed by atoms with Crippen LogP contribution in [0.15, 0.2) is 35.1 Å². The van der Waals surface area contributed by atoms with Crippen LogP contribution >= 0.6 is 27.3 Å². The van der Waals surface area contributed by atoms with Crippen LogP contribution in [0.3, 0.4) is 0 Å². The highest BCUT2D eigenvalue weighted by Crippen LogP contribution is 2.41. The Balaban J connectivity index is 1.81. The first kappa shape index (κ1) is 17.3. The Morgan fingerprint density at radius 1 is 1.19 bits per heavy atom. The summed E-state index contributed by atoms with van der Waals surface area (Å²) in [5.41, 5.74) is 3.45. The number of nitrogens with zero attached hydrogens (tertiary/aromatic N) is 4. The second-order valence-corrected chi connectivity index (χ2v) is 10.4. The number of fused-ring (bicyclic) bond motifs is 5. The molecule has 0 bridgehead atoms. The molecule has 1 aliphatic heterocycles. The number of rotatable bonds is 1. The number of quaternary nitrogens is 1. The predicted molar refractivity (Wildman–Crippen MR) is 112 cm³/mol. The van der Waals surface area contributed by atoms with Crippen molar-refractivity contribution in [3.63, 3.8) is 0 Å². The summed E-state index contributed by atoms with van der Waals surface area (Å²) in [6.07, 6.45) is 2.79. The normalized spacial score (nSPS) is 18.1. The van der Waals surface area contributed by atoms with Gasteiger partial charge < -0.3 is 5.32 Å². The first-order valence-electron chi connectivity index (χ1n) is 9.04. The molecule has 0 spiro atoms. The van der Waals surface area contributed by atoms with Gasteiger partial charge in [-0.25, -0.2) is 14.5 Å². The van der Waals surface area contributed by atoms with Gasteiger partial charge in [-0.3, -0.25) is 0 Å². The van der Waals surface area contributed by atoms with Crippen molar-refractivity contribution >= 4 is 43.1 Å². The van der Waals surface area contributed by atoms with Crippen molar-refractivity contribution in [2.75, 3.05) is 0 Å². The second kappa shape index (κ2) is 5.59. The third kappa shape index (κ3) is 2.63. The minimum atomic E-state index is 0.0325. The molecular formula is C20H21BrN5S+. The van der Waals surface area contributed by atoms with E-state index in [1.165, 1.54) is 10.4 Å². The number of hydrogen-bond donors (Lipinski definition) is 1. The third-order valence-electron chi connectivity index (χ3n) is 5.21. The van der Waals surface area contributed by atoms with Gasteiger partial charge in [0.2, 0.25) is 0 Å². The van der Waals surface area contributed by atoms with Crippen molar-refractivity contribution in [2.24, 2.45) is 0 Å². The SMILES string of the molecule is CC1(C)Cc2c(sc3ncn4nc(-c5ccccc5Br)nc4c23)C(C)(C)[NH2+]1. The fourth-order valence-corrected chi connectivity index (χ4v) is 6.14. The molecule has 5 rings (SSSR count). The van der Waals surface area contributed by atoms with Crippen molar-refractivity contribution in [3.05, 3.63) is 45.5 Å². The lowest BCUT2D eigenvalue weighted by Gasteiger charge is -2.38. The second-order valence-electron chi connectivity index (χ2n) is 8.55. The molecule has 0 unspecified atom stereocenters. The average molecular weight is 443 g/mol. The van der Waals surface area contributed by atoms with Gasteiger partial charge in [-0.1, -0.05) is 28.1 Å². The Labute approximate surface area is 170 Å². The highest BCUT2D eigenvalue weighted by molar-refractivity contribution is 9.10. The largest absolute Gasteiger partial charge is 0.333 e. The maximum atomic E-state index is 4.93. The molecule has 5 nitrogen and oxygen atoms in total. The van der Waals surface area contributed by atoms with E-state index in [4.69, 9.17) is 15.1 Å². The zero-order chi connectivity index (χ0) is 19.0. The Morgan fingerprint density at radius 3 is 2.74 bits per heavy atom. The molecule has 0 fully saturated rings. The van der Waals surface area contributed by atoms with Crippen LogP contribution in [-0.2, 0) is 12.0 Å². The molecule has 4 heterocycles. The van der Waals surface area contributed by atoms with E-state index >= 15 is 0 Å². The minimum absolute atomic E-state index is 0.0325. The molecule has 4 aromatic rings. The molecular weight excluding hydrogens is 422 g/mol. The van der Waals surface area contributed by atoms with E-state index in [2.05, 4.69) is 48.9 Å². The molecule has 0 saturated heterocycles. The highest BCUT2D eigenvalue weighted by atomic mass is 79.9. The molecule has 1 aliphatic rings. The fourth-order valence-electron chi connectivity index (χ4n) is 4.45. The summed E-state index contributed by atoms with van der Waals surface area (Å²) in [4.78, 5) is 12.1. The first-order valence-corrected chi connectivity index (χ1v) is 10.7. The standard InChI is InChI=1S/C20H20BrN5S/c1-19(2)9-12-14-17-23-16(11-7-5-6-8-13(11)21)24-26(17)10-22-18(14)27-15(12)20(3,4)25-19/h5-8,10,25H,9H2,1-4H3/p+1. The van der Waals surface area contributed by atoms with Crippen LogP contribution < -0.4 is 5.32 Å². The molecule has 2 N–H and O–H groups in total. The number of thiophene rings is 1. The summed E-state index contributed by atoms with van der Waals surface area (Å²) in [5, 5.41) is 8.35. The van der Waals surface area contributed by atoms with E-state index in [1.807, 2.05) is 28.8 Å². The molecule has 138 valence electrons. The van der Waals surface area contributed by atoms with Crippen LogP contribution in [0.1, 0.15) is 38.1 Å². The molecule has 0 amide bonds. The van der Waals surface area contributed by atoms with Crippen LogP contribution in [0.25, 0.3) is 27.3 Å². The zero-order valence-corrected chi connectivity index (χ0v) is 18.1. The van der Waals surface area contributed by atoms with E-state index in [0.29, 0.717) is 0 Å². The summed E-state index contributed by atoms with van der Waals surface area (Å²) in [6.45, 7) is 9.22. The van der Waals surface area contributed by atoms with Gasteiger partial charge in [-0.15, -0.1) is 16.4 Å². The van der Waals surface area contributed by atoms with E-state index in [1.54, 1.807) is 17.7 Å². The van der Waals surface area contributed by atoms with Crippen molar-refractivity contribution in [1.82, 2.24) is 19.6 Å². The molecule has 27 heavy (non-hydrogen) atoms. The van der Waals surface area contributed by atoms with Crippen LogP contribution in [0.2, 0.25) is 0 Å². The summed E-state index contributed by atoms with van der Waals surface area (Å²) in [5.74, 6) is 0.720. The fraction of sp³-hybridized carbons (Fsp3) is 0.350. The van der Waals surface area contributed by atoms with Crippen LogP contribution in [0.4, 0.5) is 0 Å².